The number of anilines is 1. The number of hydrogen-bond acceptors (Lipinski definition) is 6. The number of non-ortho nitro benzene ring substituents is 1. The summed E-state index contributed by atoms with van der Waals surface area (Å²) in [6, 6.07) is 4.22. The highest BCUT2D eigenvalue weighted by Gasteiger charge is 2.30. The van der Waals surface area contributed by atoms with Crippen LogP contribution in [0.5, 0.6) is 0 Å². The third kappa shape index (κ3) is 4.30. The smallest absolute Gasteiger partial charge is 0.341 e. The van der Waals surface area contributed by atoms with Crippen LogP contribution < -0.4 is 4.90 Å². The topological polar surface area (TPSA) is 93.0 Å². The van der Waals surface area contributed by atoms with E-state index in [4.69, 9.17) is 4.74 Å². The van der Waals surface area contributed by atoms with Crippen molar-refractivity contribution in [2.24, 2.45) is 0 Å². The van der Waals surface area contributed by atoms with Crippen molar-refractivity contribution in [1.29, 1.82) is 0 Å². The molecule has 0 spiro atoms. The second-order valence-electron chi connectivity index (χ2n) is 6.86. The number of benzene rings is 1. The largest absolute Gasteiger partial charge is 0.452 e. The minimum atomic E-state index is -0.747. The quantitative estimate of drug-likeness (QED) is 0.453. The molecule has 1 heterocycles. The highest BCUT2D eigenvalue weighted by molar-refractivity contribution is 5.97. The molecule has 0 aliphatic carbocycles. The molecule has 1 amide bonds. The summed E-state index contributed by atoms with van der Waals surface area (Å²) in [5.74, 6) is -0.988. The Morgan fingerprint density at radius 2 is 1.88 bits per heavy atom. The number of nitrogens with zero attached hydrogens (tertiary/aromatic N) is 3. The van der Waals surface area contributed by atoms with E-state index in [9.17, 15) is 19.7 Å². The lowest BCUT2D eigenvalue weighted by Gasteiger charge is -2.38. The molecule has 1 fully saturated rings. The number of nitro groups is 1. The molecule has 0 unspecified atom stereocenters. The first kappa shape index (κ1) is 19.7. The predicted octanol–water partition coefficient (Wildman–Crippen LogP) is 2.61. The van der Waals surface area contributed by atoms with Crippen LogP contribution in [0.1, 0.15) is 43.5 Å². The fourth-order valence-electron chi connectivity index (χ4n) is 3.38. The monoisotopic (exact) mass is 363 g/mol. The van der Waals surface area contributed by atoms with E-state index in [0.29, 0.717) is 5.69 Å². The summed E-state index contributed by atoms with van der Waals surface area (Å²) in [7, 11) is 3.44. The molecule has 1 saturated heterocycles. The second-order valence-corrected chi connectivity index (χ2v) is 6.86. The Balaban J connectivity index is 2.13. The molecule has 8 heteroatoms. The SMILES string of the molecule is C[C@@H]1CCC[C@@H](C)N1C(=O)COC(=O)c1cc([N+](=O)[O-])ccc1N(C)C. The molecular weight excluding hydrogens is 338 g/mol. The van der Waals surface area contributed by atoms with Crippen molar-refractivity contribution >= 4 is 23.3 Å². The number of piperidine rings is 1. The molecular formula is C18H25N3O5. The first-order valence-electron chi connectivity index (χ1n) is 8.66. The normalized spacial score (nSPS) is 19.8. The number of carbonyl (C=O) groups excluding carboxylic acids is 2. The van der Waals surface area contributed by atoms with Crippen LogP contribution in [0.4, 0.5) is 11.4 Å². The van der Waals surface area contributed by atoms with Crippen LogP contribution in [0.25, 0.3) is 0 Å². The Morgan fingerprint density at radius 3 is 2.42 bits per heavy atom. The summed E-state index contributed by atoms with van der Waals surface area (Å²) < 4.78 is 5.19. The Kier molecular flexibility index (Phi) is 6.18. The molecule has 0 saturated carbocycles. The zero-order valence-corrected chi connectivity index (χ0v) is 15.6. The van der Waals surface area contributed by atoms with Crippen molar-refractivity contribution in [2.45, 2.75) is 45.2 Å². The Hall–Kier alpha value is -2.64. The number of rotatable bonds is 5. The summed E-state index contributed by atoms with van der Waals surface area (Å²) in [5, 5.41) is 11.0. The number of esters is 1. The van der Waals surface area contributed by atoms with Crippen molar-refractivity contribution < 1.29 is 19.2 Å². The molecule has 0 aromatic heterocycles. The van der Waals surface area contributed by atoms with Crippen LogP contribution in [-0.4, -0.2) is 54.5 Å². The number of carbonyl (C=O) groups is 2. The van der Waals surface area contributed by atoms with Crippen LogP contribution in [-0.2, 0) is 9.53 Å². The number of amides is 1. The number of hydrogen-bond donors (Lipinski definition) is 0. The average Bonchev–Trinajstić information content (AvgIpc) is 2.58. The molecule has 1 aromatic rings. The minimum absolute atomic E-state index is 0.0664. The van der Waals surface area contributed by atoms with E-state index in [1.54, 1.807) is 23.9 Å². The van der Waals surface area contributed by atoms with Gasteiger partial charge in [0.05, 0.1) is 16.2 Å². The highest BCUT2D eigenvalue weighted by Crippen LogP contribution is 2.26. The van der Waals surface area contributed by atoms with E-state index in [-0.39, 0.29) is 35.8 Å². The van der Waals surface area contributed by atoms with Crippen molar-refractivity contribution in [1.82, 2.24) is 4.90 Å². The van der Waals surface area contributed by atoms with Gasteiger partial charge in [0.1, 0.15) is 0 Å². The molecule has 142 valence electrons. The van der Waals surface area contributed by atoms with Crippen LogP contribution in [0, 0.1) is 10.1 Å². The molecule has 2 rings (SSSR count). The molecule has 0 N–H and O–H groups in total. The van der Waals surface area contributed by atoms with Crippen LogP contribution in [0.3, 0.4) is 0 Å². The molecule has 26 heavy (non-hydrogen) atoms. The predicted molar refractivity (Wildman–Crippen MR) is 97.3 cm³/mol. The third-order valence-electron chi connectivity index (χ3n) is 4.70. The zero-order valence-electron chi connectivity index (χ0n) is 15.6. The summed E-state index contributed by atoms with van der Waals surface area (Å²) in [6.07, 6.45) is 2.94. The van der Waals surface area contributed by atoms with E-state index in [1.165, 1.54) is 18.2 Å². The van der Waals surface area contributed by atoms with Gasteiger partial charge < -0.3 is 14.5 Å². The van der Waals surface area contributed by atoms with Gasteiger partial charge in [-0.2, -0.15) is 0 Å². The Labute approximate surface area is 152 Å². The van der Waals surface area contributed by atoms with E-state index < -0.39 is 10.9 Å². The van der Waals surface area contributed by atoms with Gasteiger partial charge >= 0.3 is 5.97 Å². The van der Waals surface area contributed by atoms with E-state index in [1.807, 2.05) is 13.8 Å². The maximum atomic E-state index is 12.5. The summed E-state index contributed by atoms with van der Waals surface area (Å²) in [6.45, 7) is 3.60. The van der Waals surface area contributed by atoms with Crippen LogP contribution in [0.2, 0.25) is 0 Å². The maximum absolute atomic E-state index is 12.5. The van der Waals surface area contributed by atoms with E-state index in [0.717, 1.165) is 19.3 Å². The van der Waals surface area contributed by atoms with Gasteiger partial charge in [-0.15, -0.1) is 0 Å². The standard InChI is InChI=1S/C18H25N3O5/c1-12-6-5-7-13(2)20(12)17(22)11-26-18(23)15-10-14(21(24)25)8-9-16(15)19(3)4/h8-10,12-13H,5-7,11H2,1-4H3/t12-,13-/m1/s1. The lowest BCUT2D eigenvalue weighted by atomic mass is 9.97. The Bertz CT molecular complexity index is 694. The third-order valence-corrected chi connectivity index (χ3v) is 4.70. The van der Waals surface area contributed by atoms with Gasteiger partial charge in [-0.25, -0.2) is 4.79 Å². The Morgan fingerprint density at radius 1 is 1.27 bits per heavy atom. The van der Waals surface area contributed by atoms with Crippen molar-refractivity contribution in [3.63, 3.8) is 0 Å². The number of likely N-dealkylation sites (tertiary alicyclic amines) is 1. The molecule has 8 nitrogen and oxygen atoms in total. The number of ether oxygens (including phenoxy) is 1. The van der Waals surface area contributed by atoms with E-state index >= 15 is 0 Å². The summed E-state index contributed by atoms with van der Waals surface area (Å²) in [4.78, 5) is 38.8. The molecule has 0 bridgehead atoms. The van der Waals surface area contributed by atoms with Gasteiger partial charge in [-0.1, -0.05) is 0 Å². The van der Waals surface area contributed by atoms with Crippen LogP contribution >= 0.6 is 0 Å². The molecule has 1 aliphatic heterocycles. The van der Waals surface area contributed by atoms with Gasteiger partial charge in [0.2, 0.25) is 0 Å². The summed E-state index contributed by atoms with van der Waals surface area (Å²) >= 11 is 0. The fourth-order valence-corrected chi connectivity index (χ4v) is 3.38. The molecule has 0 radical (unpaired) electrons. The first-order chi connectivity index (χ1) is 12.2. The maximum Gasteiger partial charge on any atom is 0.341 e. The molecule has 2 atom stereocenters. The lowest BCUT2D eigenvalue weighted by molar-refractivity contribution is -0.384. The van der Waals surface area contributed by atoms with Crippen molar-refractivity contribution in [3.05, 3.63) is 33.9 Å². The van der Waals surface area contributed by atoms with Gasteiger partial charge in [-0.05, 0) is 39.2 Å². The lowest BCUT2D eigenvalue weighted by Crippen LogP contribution is -2.49. The summed E-state index contributed by atoms with van der Waals surface area (Å²) in [5.41, 5.74) is 0.358. The first-order valence-corrected chi connectivity index (χ1v) is 8.66. The van der Waals surface area contributed by atoms with Gasteiger partial charge in [-0.3, -0.25) is 14.9 Å². The fraction of sp³-hybridized carbons (Fsp3) is 0.556. The van der Waals surface area contributed by atoms with E-state index in [2.05, 4.69) is 0 Å². The minimum Gasteiger partial charge on any atom is -0.452 e. The van der Waals surface area contributed by atoms with Gasteiger partial charge in [0.25, 0.3) is 11.6 Å². The number of nitro benzene ring substituents is 1. The van der Waals surface area contributed by atoms with Crippen molar-refractivity contribution in [3.8, 4) is 0 Å². The highest BCUT2D eigenvalue weighted by atomic mass is 16.6. The van der Waals surface area contributed by atoms with Crippen LogP contribution in [0.15, 0.2) is 18.2 Å². The van der Waals surface area contributed by atoms with Gasteiger partial charge in [0, 0.05) is 38.3 Å². The zero-order chi connectivity index (χ0) is 19.4. The van der Waals surface area contributed by atoms with Gasteiger partial charge in [0.15, 0.2) is 6.61 Å². The molecule has 1 aliphatic rings. The average molecular weight is 363 g/mol. The van der Waals surface area contributed by atoms with Crippen molar-refractivity contribution in [2.75, 3.05) is 25.6 Å². The molecule has 1 aromatic carbocycles. The second kappa shape index (κ2) is 8.16.